The zero-order valence-electron chi connectivity index (χ0n) is 21.7. The third-order valence-corrected chi connectivity index (χ3v) is 8.26. The Morgan fingerprint density at radius 1 is 1.11 bits per heavy atom. The first-order chi connectivity index (χ1) is 18.5. The number of anilines is 1. The zero-order chi connectivity index (χ0) is 26.2. The molecular formula is C27H30N8O2S. The number of pyridine rings is 1. The lowest BCUT2D eigenvalue weighted by atomic mass is 10.00. The van der Waals surface area contributed by atoms with Gasteiger partial charge in [0.2, 0.25) is 0 Å². The molecule has 0 radical (unpaired) electrons. The van der Waals surface area contributed by atoms with Crippen LogP contribution in [-0.4, -0.2) is 75.0 Å². The van der Waals surface area contributed by atoms with E-state index in [0.717, 1.165) is 58.9 Å². The molecule has 1 saturated heterocycles. The predicted octanol–water partition coefficient (Wildman–Crippen LogP) is 3.30. The second-order valence-corrected chi connectivity index (χ2v) is 10.8. The molecule has 4 heterocycles. The van der Waals surface area contributed by atoms with Crippen LogP contribution in [0.2, 0.25) is 0 Å². The number of piperazine rings is 1. The van der Waals surface area contributed by atoms with E-state index in [9.17, 15) is 4.79 Å². The second-order valence-electron chi connectivity index (χ2n) is 9.74. The maximum absolute atomic E-state index is 13.6. The summed E-state index contributed by atoms with van der Waals surface area (Å²) in [5, 5.41) is 14.6. The number of aromatic amines is 1. The van der Waals surface area contributed by atoms with E-state index in [1.54, 1.807) is 23.1 Å². The van der Waals surface area contributed by atoms with Crippen molar-refractivity contribution in [3.63, 3.8) is 0 Å². The van der Waals surface area contributed by atoms with Crippen LogP contribution in [0.4, 0.5) is 5.13 Å². The van der Waals surface area contributed by atoms with Crippen molar-refractivity contribution >= 4 is 37.6 Å². The molecule has 0 saturated carbocycles. The molecule has 3 aromatic heterocycles. The van der Waals surface area contributed by atoms with Gasteiger partial charge in [0.05, 0.1) is 28.9 Å². The highest BCUT2D eigenvalue weighted by Gasteiger charge is 2.33. The standard InChI is InChI=1S/C27H30N8O2S/c1-17-14-18(2)23-19(15-17)16-20(26(36)29-23)24(25-30-31-32-35(25)12-13-37-3)33-8-10-34(11-9-33)27-28-21-6-4-5-7-22(21)38-27/h4-7,14-16,24H,8-13H2,1-3H3,(H,29,36)/t24-/m0/s1. The number of para-hydroxylation sites is 1. The Hall–Kier alpha value is -3.67. The maximum Gasteiger partial charge on any atom is 0.253 e. The molecule has 1 atom stereocenters. The van der Waals surface area contributed by atoms with Crippen molar-refractivity contribution in [1.29, 1.82) is 0 Å². The SMILES string of the molecule is COCCn1nnnc1[C@H](c1cc2cc(C)cc(C)c2[nH]c1=O)N1CCN(c2nc3ccccc3s2)CC1. The lowest BCUT2D eigenvalue weighted by molar-refractivity contribution is 0.171. The molecule has 0 bridgehead atoms. The normalized spacial score (nSPS) is 15.5. The lowest BCUT2D eigenvalue weighted by Crippen LogP contribution is -2.49. The van der Waals surface area contributed by atoms with Crippen LogP contribution in [-0.2, 0) is 11.3 Å². The highest BCUT2D eigenvalue weighted by Crippen LogP contribution is 2.32. The molecule has 0 aliphatic carbocycles. The Morgan fingerprint density at radius 3 is 2.71 bits per heavy atom. The van der Waals surface area contributed by atoms with Crippen LogP contribution < -0.4 is 10.5 Å². The molecule has 0 amide bonds. The molecule has 0 spiro atoms. The Labute approximate surface area is 223 Å². The van der Waals surface area contributed by atoms with E-state index in [4.69, 9.17) is 9.72 Å². The average Bonchev–Trinajstić information content (AvgIpc) is 3.56. The lowest BCUT2D eigenvalue weighted by Gasteiger charge is -2.38. The fourth-order valence-electron chi connectivity index (χ4n) is 5.32. The Kier molecular flexibility index (Phi) is 6.64. The number of ether oxygens (including phenoxy) is 1. The molecule has 11 heteroatoms. The number of aromatic nitrogens is 6. The van der Waals surface area contributed by atoms with E-state index >= 15 is 0 Å². The molecule has 6 rings (SSSR count). The third-order valence-electron chi connectivity index (χ3n) is 7.16. The van der Waals surface area contributed by atoms with Crippen LogP contribution in [0.1, 0.15) is 28.6 Å². The summed E-state index contributed by atoms with van der Waals surface area (Å²) >= 11 is 1.72. The van der Waals surface area contributed by atoms with E-state index in [2.05, 4.69) is 61.5 Å². The van der Waals surface area contributed by atoms with E-state index in [0.29, 0.717) is 24.5 Å². The smallest absolute Gasteiger partial charge is 0.253 e. The minimum atomic E-state index is -0.395. The van der Waals surface area contributed by atoms with Gasteiger partial charge in [-0.15, -0.1) is 5.10 Å². The largest absolute Gasteiger partial charge is 0.383 e. The second kappa shape index (κ2) is 10.2. The predicted molar refractivity (Wildman–Crippen MR) is 149 cm³/mol. The maximum atomic E-state index is 13.6. The van der Waals surface area contributed by atoms with E-state index in [-0.39, 0.29) is 5.56 Å². The number of benzene rings is 2. The highest BCUT2D eigenvalue weighted by molar-refractivity contribution is 7.22. The summed E-state index contributed by atoms with van der Waals surface area (Å²) in [6.45, 7) is 8.13. The molecule has 1 aliphatic rings. The van der Waals surface area contributed by atoms with Crippen molar-refractivity contribution in [3.8, 4) is 0 Å². The summed E-state index contributed by atoms with van der Waals surface area (Å²) < 4.78 is 8.22. The number of hydrogen-bond donors (Lipinski definition) is 1. The van der Waals surface area contributed by atoms with Gasteiger partial charge in [-0.1, -0.05) is 35.1 Å². The summed E-state index contributed by atoms with van der Waals surface area (Å²) in [6.07, 6.45) is 0. The van der Waals surface area contributed by atoms with Gasteiger partial charge < -0.3 is 14.6 Å². The molecule has 1 aliphatic heterocycles. The van der Waals surface area contributed by atoms with Crippen LogP contribution in [0.25, 0.3) is 21.1 Å². The number of thiazole rings is 1. The summed E-state index contributed by atoms with van der Waals surface area (Å²) in [7, 11) is 1.65. The summed E-state index contributed by atoms with van der Waals surface area (Å²) in [4.78, 5) is 26.2. The van der Waals surface area contributed by atoms with Crippen LogP contribution >= 0.6 is 11.3 Å². The Morgan fingerprint density at radius 2 is 1.92 bits per heavy atom. The number of nitrogens with zero attached hydrogens (tertiary/aromatic N) is 7. The number of rotatable bonds is 7. The van der Waals surface area contributed by atoms with Gasteiger partial charge in [0.1, 0.15) is 6.04 Å². The highest BCUT2D eigenvalue weighted by atomic mass is 32.1. The number of methoxy groups -OCH3 is 1. The summed E-state index contributed by atoms with van der Waals surface area (Å²) in [5.41, 5.74) is 4.61. The number of nitrogens with one attached hydrogen (secondary N) is 1. The summed E-state index contributed by atoms with van der Waals surface area (Å²) in [6, 6.07) is 14.0. The average molecular weight is 531 g/mol. The van der Waals surface area contributed by atoms with Gasteiger partial charge in [-0.3, -0.25) is 9.69 Å². The van der Waals surface area contributed by atoms with Crippen LogP contribution in [0.3, 0.4) is 0 Å². The fourth-order valence-corrected chi connectivity index (χ4v) is 6.33. The first-order valence-electron chi connectivity index (χ1n) is 12.8. The van der Waals surface area contributed by atoms with Crippen molar-refractivity contribution in [1.82, 2.24) is 35.1 Å². The minimum absolute atomic E-state index is 0.121. The van der Waals surface area contributed by atoms with Crippen molar-refractivity contribution in [3.05, 3.63) is 75.3 Å². The molecule has 1 fully saturated rings. The molecule has 1 N–H and O–H groups in total. The van der Waals surface area contributed by atoms with Gasteiger partial charge in [0.25, 0.3) is 5.56 Å². The molecule has 196 valence electrons. The van der Waals surface area contributed by atoms with Gasteiger partial charge in [-0.25, -0.2) is 9.67 Å². The molecule has 2 aromatic carbocycles. The van der Waals surface area contributed by atoms with Crippen molar-refractivity contribution < 1.29 is 4.74 Å². The van der Waals surface area contributed by atoms with Crippen LogP contribution in [0.5, 0.6) is 0 Å². The van der Waals surface area contributed by atoms with Crippen molar-refractivity contribution in [2.45, 2.75) is 26.4 Å². The van der Waals surface area contributed by atoms with Gasteiger partial charge in [0, 0.05) is 38.9 Å². The minimum Gasteiger partial charge on any atom is -0.383 e. The van der Waals surface area contributed by atoms with Crippen molar-refractivity contribution in [2.75, 3.05) is 44.8 Å². The molecule has 0 unspecified atom stereocenters. The van der Waals surface area contributed by atoms with Crippen LogP contribution in [0.15, 0.2) is 47.3 Å². The Balaban J connectivity index is 1.37. The van der Waals surface area contributed by atoms with Gasteiger partial charge in [-0.2, -0.15) is 0 Å². The van der Waals surface area contributed by atoms with E-state index in [1.165, 1.54) is 4.70 Å². The summed E-state index contributed by atoms with van der Waals surface area (Å²) in [5.74, 6) is 0.643. The van der Waals surface area contributed by atoms with Gasteiger partial charge >= 0.3 is 0 Å². The molecule has 38 heavy (non-hydrogen) atoms. The third kappa shape index (κ3) is 4.57. The molecule has 5 aromatic rings. The number of hydrogen-bond acceptors (Lipinski definition) is 9. The van der Waals surface area contributed by atoms with Gasteiger partial charge in [0.15, 0.2) is 11.0 Å². The van der Waals surface area contributed by atoms with Crippen LogP contribution in [0, 0.1) is 13.8 Å². The van der Waals surface area contributed by atoms with Gasteiger partial charge in [-0.05, 0) is 59.5 Å². The molecular weight excluding hydrogens is 500 g/mol. The Bertz CT molecular complexity index is 1620. The number of tetrazole rings is 1. The first-order valence-corrected chi connectivity index (χ1v) is 13.6. The molecule has 10 nitrogen and oxygen atoms in total. The number of fused-ring (bicyclic) bond motifs is 2. The number of H-pyrrole nitrogens is 1. The first kappa shape index (κ1) is 24.7. The number of aryl methyl sites for hydroxylation is 2. The van der Waals surface area contributed by atoms with E-state index in [1.807, 2.05) is 25.1 Å². The zero-order valence-corrected chi connectivity index (χ0v) is 22.5. The van der Waals surface area contributed by atoms with Crippen molar-refractivity contribution in [2.24, 2.45) is 0 Å². The van der Waals surface area contributed by atoms with E-state index < -0.39 is 6.04 Å². The topological polar surface area (TPSA) is 105 Å². The fraction of sp³-hybridized carbons (Fsp3) is 0.370. The monoisotopic (exact) mass is 530 g/mol. The quantitative estimate of drug-likeness (QED) is 0.342.